The minimum Gasteiger partial charge on any atom is -0.369 e. The molecule has 0 bridgehead atoms. The van der Waals surface area contributed by atoms with Crippen LogP contribution in [0.2, 0.25) is 0 Å². The van der Waals surface area contributed by atoms with Gasteiger partial charge in [-0.05, 0) is 41.4 Å². The molecule has 0 aliphatic carbocycles. The van der Waals surface area contributed by atoms with Crippen LogP contribution >= 0.6 is 15.9 Å². The summed E-state index contributed by atoms with van der Waals surface area (Å²) in [7, 11) is 0. The molecule has 15 heavy (non-hydrogen) atoms. The lowest BCUT2D eigenvalue weighted by Crippen LogP contribution is -2.00. The Morgan fingerprint density at radius 2 is 2.07 bits per heavy atom. The van der Waals surface area contributed by atoms with Gasteiger partial charge in [-0.2, -0.15) is 0 Å². The third-order valence-corrected chi connectivity index (χ3v) is 3.32. The number of nitrogen functional groups attached to an aromatic ring is 1. The molecule has 0 atom stereocenters. The Kier molecular flexibility index (Phi) is 2.52. The van der Waals surface area contributed by atoms with Crippen molar-refractivity contribution in [3.8, 4) is 5.69 Å². The number of nitrogens with zero attached hydrogens (tertiary/aromatic N) is 2. The number of anilines is 1. The van der Waals surface area contributed by atoms with Gasteiger partial charge in [-0.15, -0.1) is 0 Å². The Morgan fingerprint density at radius 3 is 2.67 bits per heavy atom. The molecule has 0 fully saturated rings. The predicted octanol–water partition coefficient (Wildman–Crippen LogP) is 2.83. The second kappa shape index (κ2) is 3.70. The monoisotopic (exact) mass is 265 g/mol. The number of imidazole rings is 1. The van der Waals surface area contributed by atoms with E-state index in [4.69, 9.17) is 5.73 Å². The molecule has 0 amide bonds. The summed E-state index contributed by atoms with van der Waals surface area (Å²) >= 11 is 3.56. The van der Waals surface area contributed by atoms with Crippen LogP contribution in [0, 0.1) is 13.8 Å². The molecule has 0 aliphatic rings. The van der Waals surface area contributed by atoms with Crippen molar-refractivity contribution in [1.82, 2.24) is 9.55 Å². The van der Waals surface area contributed by atoms with Crippen molar-refractivity contribution in [3.63, 3.8) is 0 Å². The average molecular weight is 266 g/mol. The van der Waals surface area contributed by atoms with Crippen molar-refractivity contribution in [2.45, 2.75) is 13.8 Å². The molecule has 0 unspecified atom stereocenters. The first-order valence-corrected chi connectivity index (χ1v) is 5.46. The van der Waals surface area contributed by atoms with Crippen LogP contribution in [0.15, 0.2) is 28.9 Å². The van der Waals surface area contributed by atoms with Gasteiger partial charge in [0.1, 0.15) is 0 Å². The van der Waals surface area contributed by atoms with E-state index in [0.29, 0.717) is 5.95 Å². The first-order valence-electron chi connectivity index (χ1n) is 4.66. The zero-order chi connectivity index (χ0) is 11.0. The van der Waals surface area contributed by atoms with Gasteiger partial charge in [-0.1, -0.05) is 12.1 Å². The number of halogens is 1. The fourth-order valence-electron chi connectivity index (χ4n) is 1.53. The molecule has 0 aliphatic heterocycles. The van der Waals surface area contributed by atoms with Gasteiger partial charge in [0.15, 0.2) is 0 Å². The number of aromatic nitrogens is 2. The number of aryl methyl sites for hydroxylation is 2. The maximum Gasteiger partial charge on any atom is 0.205 e. The van der Waals surface area contributed by atoms with Crippen molar-refractivity contribution < 1.29 is 0 Å². The van der Waals surface area contributed by atoms with E-state index in [1.807, 2.05) is 42.8 Å². The topological polar surface area (TPSA) is 43.8 Å². The van der Waals surface area contributed by atoms with Gasteiger partial charge in [-0.25, -0.2) is 4.98 Å². The molecule has 1 aromatic carbocycles. The lowest BCUT2D eigenvalue weighted by molar-refractivity contribution is 1.06. The van der Waals surface area contributed by atoms with Crippen LogP contribution in [0.5, 0.6) is 0 Å². The number of rotatable bonds is 1. The summed E-state index contributed by atoms with van der Waals surface area (Å²) in [6.45, 7) is 3.98. The van der Waals surface area contributed by atoms with E-state index >= 15 is 0 Å². The molecule has 78 valence electrons. The molecule has 0 radical (unpaired) electrons. The van der Waals surface area contributed by atoms with Gasteiger partial charge in [0.2, 0.25) is 5.95 Å². The summed E-state index contributed by atoms with van der Waals surface area (Å²) in [6.07, 6.45) is 1.93. The summed E-state index contributed by atoms with van der Waals surface area (Å²) < 4.78 is 2.93. The van der Waals surface area contributed by atoms with Crippen LogP contribution in [-0.4, -0.2) is 9.55 Å². The molecule has 3 nitrogen and oxygen atoms in total. The average Bonchev–Trinajstić information content (AvgIpc) is 2.50. The van der Waals surface area contributed by atoms with E-state index < -0.39 is 0 Å². The van der Waals surface area contributed by atoms with Crippen molar-refractivity contribution in [2.75, 3.05) is 5.73 Å². The Bertz CT molecular complexity index is 503. The zero-order valence-electron chi connectivity index (χ0n) is 8.66. The van der Waals surface area contributed by atoms with E-state index in [1.165, 1.54) is 5.56 Å². The van der Waals surface area contributed by atoms with Crippen LogP contribution in [0.25, 0.3) is 5.69 Å². The van der Waals surface area contributed by atoms with Gasteiger partial charge in [0, 0.05) is 10.7 Å². The standard InChI is InChI=1S/C11H12BrN3/c1-7-4-3-5-9(10(7)12)15-6-8(2)14-11(15)13/h3-6H,1-2H3,(H2,13,14). The van der Waals surface area contributed by atoms with Crippen LogP contribution in [0.3, 0.4) is 0 Å². The van der Waals surface area contributed by atoms with Crippen LogP contribution in [0.4, 0.5) is 5.95 Å². The molecule has 0 spiro atoms. The zero-order valence-corrected chi connectivity index (χ0v) is 10.2. The first-order chi connectivity index (χ1) is 7.09. The Hall–Kier alpha value is -1.29. The second-order valence-corrected chi connectivity index (χ2v) is 4.31. The van der Waals surface area contributed by atoms with E-state index in [0.717, 1.165) is 15.9 Å². The number of benzene rings is 1. The molecular formula is C11H12BrN3. The number of hydrogen-bond donors (Lipinski definition) is 1. The third kappa shape index (κ3) is 1.77. The summed E-state index contributed by atoms with van der Waals surface area (Å²) in [5.74, 6) is 0.513. The SMILES string of the molecule is Cc1cn(-c2cccc(C)c2Br)c(N)n1. The van der Waals surface area contributed by atoms with Gasteiger partial charge < -0.3 is 5.73 Å². The maximum atomic E-state index is 5.82. The van der Waals surface area contributed by atoms with Gasteiger partial charge in [-0.3, -0.25) is 4.57 Å². The lowest BCUT2D eigenvalue weighted by Gasteiger charge is -2.08. The van der Waals surface area contributed by atoms with Gasteiger partial charge in [0.25, 0.3) is 0 Å². The maximum absolute atomic E-state index is 5.82. The van der Waals surface area contributed by atoms with Crippen molar-refractivity contribution in [3.05, 3.63) is 40.1 Å². The van der Waals surface area contributed by atoms with Crippen molar-refractivity contribution >= 4 is 21.9 Å². The highest BCUT2D eigenvalue weighted by atomic mass is 79.9. The van der Waals surface area contributed by atoms with E-state index in [1.54, 1.807) is 0 Å². The van der Waals surface area contributed by atoms with E-state index in [9.17, 15) is 0 Å². The molecule has 0 saturated heterocycles. The van der Waals surface area contributed by atoms with Crippen molar-refractivity contribution in [2.24, 2.45) is 0 Å². The molecule has 0 saturated carbocycles. The summed E-state index contributed by atoms with van der Waals surface area (Å²) in [4.78, 5) is 4.18. The van der Waals surface area contributed by atoms with Gasteiger partial charge >= 0.3 is 0 Å². The van der Waals surface area contributed by atoms with Crippen LogP contribution in [0.1, 0.15) is 11.3 Å². The highest BCUT2D eigenvalue weighted by molar-refractivity contribution is 9.10. The molecule has 1 aromatic heterocycles. The molecule has 4 heteroatoms. The molecule has 2 rings (SSSR count). The molecule has 2 N–H and O–H groups in total. The highest BCUT2D eigenvalue weighted by Gasteiger charge is 2.08. The predicted molar refractivity (Wildman–Crippen MR) is 65.2 cm³/mol. The minimum atomic E-state index is 0.513. The Morgan fingerprint density at radius 1 is 1.33 bits per heavy atom. The van der Waals surface area contributed by atoms with Gasteiger partial charge in [0.05, 0.1) is 11.4 Å². The summed E-state index contributed by atoms with van der Waals surface area (Å²) in [5, 5.41) is 0. The Labute approximate surface area is 97.1 Å². The quantitative estimate of drug-likeness (QED) is 0.862. The van der Waals surface area contributed by atoms with E-state index in [2.05, 4.69) is 20.9 Å². The largest absolute Gasteiger partial charge is 0.369 e. The molecule has 1 heterocycles. The van der Waals surface area contributed by atoms with Crippen LogP contribution in [-0.2, 0) is 0 Å². The second-order valence-electron chi connectivity index (χ2n) is 3.52. The first kappa shape index (κ1) is 10.2. The Balaban J connectivity index is 2.64. The van der Waals surface area contributed by atoms with Crippen molar-refractivity contribution in [1.29, 1.82) is 0 Å². The highest BCUT2D eigenvalue weighted by Crippen LogP contribution is 2.26. The molecular weight excluding hydrogens is 254 g/mol. The summed E-state index contributed by atoms with van der Waals surface area (Å²) in [5.41, 5.74) is 8.94. The normalized spacial score (nSPS) is 10.6. The van der Waals surface area contributed by atoms with E-state index in [-0.39, 0.29) is 0 Å². The van der Waals surface area contributed by atoms with Crippen LogP contribution < -0.4 is 5.73 Å². The minimum absolute atomic E-state index is 0.513. The fraction of sp³-hybridized carbons (Fsp3) is 0.182. The smallest absolute Gasteiger partial charge is 0.205 e. The number of nitrogens with two attached hydrogens (primary N) is 1. The number of hydrogen-bond acceptors (Lipinski definition) is 2. The summed E-state index contributed by atoms with van der Waals surface area (Å²) in [6, 6.07) is 6.06. The fourth-order valence-corrected chi connectivity index (χ4v) is 1.98. The lowest BCUT2D eigenvalue weighted by atomic mass is 10.2. The molecule has 2 aromatic rings. The third-order valence-electron chi connectivity index (χ3n) is 2.28.